The average molecular weight is 373 g/mol. The fraction of sp³-hybridized carbons (Fsp3) is 0.174. The first-order chi connectivity index (χ1) is 13.7. The molecule has 0 spiro atoms. The summed E-state index contributed by atoms with van der Waals surface area (Å²) in [6, 6.07) is 18.3. The zero-order valence-electron chi connectivity index (χ0n) is 16.1. The van der Waals surface area contributed by atoms with Crippen LogP contribution in [-0.2, 0) is 12.8 Å². The predicted octanol–water partition coefficient (Wildman–Crippen LogP) is 4.39. The average Bonchev–Trinajstić information content (AvgIpc) is 3.17. The van der Waals surface area contributed by atoms with Crippen LogP contribution in [0.1, 0.15) is 11.1 Å². The van der Waals surface area contributed by atoms with Crippen LogP contribution in [0.15, 0.2) is 67.0 Å². The van der Waals surface area contributed by atoms with Crippen molar-refractivity contribution in [2.45, 2.75) is 12.8 Å². The van der Waals surface area contributed by atoms with Crippen molar-refractivity contribution in [1.82, 2.24) is 9.38 Å². The van der Waals surface area contributed by atoms with Crippen LogP contribution < -0.4 is 15.2 Å². The van der Waals surface area contributed by atoms with E-state index in [0.29, 0.717) is 17.2 Å². The molecule has 142 valence electrons. The van der Waals surface area contributed by atoms with Gasteiger partial charge in [-0.2, -0.15) is 0 Å². The molecule has 2 aromatic heterocycles. The second-order valence-corrected chi connectivity index (χ2v) is 6.72. The maximum absolute atomic E-state index is 6.29. The van der Waals surface area contributed by atoms with Crippen LogP contribution in [0.4, 0.5) is 5.69 Å². The minimum Gasteiger partial charge on any atom is -0.493 e. The summed E-state index contributed by atoms with van der Waals surface area (Å²) < 4.78 is 12.7. The summed E-state index contributed by atoms with van der Waals surface area (Å²) in [7, 11) is 3.25. The van der Waals surface area contributed by atoms with Gasteiger partial charge in [0.25, 0.3) is 0 Å². The molecule has 2 aromatic carbocycles. The summed E-state index contributed by atoms with van der Waals surface area (Å²) in [6.45, 7) is 0. The normalized spacial score (nSPS) is 10.9. The molecule has 5 heteroatoms. The Hall–Kier alpha value is -3.47. The molecular weight excluding hydrogens is 350 g/mol. The number of nitrogens with two attached hydrogens (primary N) is 1. The molecule has 28 heavy (non-hydrogen) atoms. The summed E-state index contributed by atoms with van der Waals surface area (Å²) in [5, 5.41) is 0. The zero-order chi connectivity index (χ0) is 19.5. The molecule has 0 amide bonds. The molecule has 0 radical (unpaired) electrons. The van der Waals surface area contributed by atoms with Crippen molar-refractivity contribution in [1.29, 1.82) is 0 Å². The topological polar surface area (TPSA) is 61.8 Å². The van der Waals surface area contributed by atoms with E-state index in [4.69, 9.17) is 20.2 Å². The first-order valence-electron chi connectivity index (χ1n) is 9.21. The third-order valence-corrected chi connectivity index (χ3v) is 4.86. The number of hydrogen-bond acceptors (Lipinski definition) is 4. The molecule has 2 heterocycles. The Balaban J connectivity index is 1.64. The van der Waals surface area contributed by atoms with Crippen molar-refractivity contribution < 1.29 is 9.47 Å². The molecule has 5 nitrogen and oxygen atoms in total. The summed E-state index contributed by atoms with van der Waals surface area (Å²) in [6.07, 6.45) is 6.00. The highest BCUT2D eigenvalue weighted by atomic mass is 16.5. The molecule has 0 unspecified atom stereocenters. The Kier molecular flexibility index (Phi) is 4.89. The van der Waals surface area contributed by atoms with Crippen LogP contribution in [0.5, 0.6) is 11.5 Å². The number of nitrogen functional groups attached to an aromatic ring is 1. The summed E-state index contributed by atoms with van der Waals surface area (Å²) >= 11 is 0. The van der Waals surface area contributed by atoms with E-state index in [1.165, 1.54) is 11.1 Å². The van der Waals surface area contributed by atoms with Crippen LogP contribution in [0.2, 0.25) is 0 Å². The minimum absolute atomic E-state index is 0.675. The number of benzene rings is 2. The van der Waals surface area contributed by atoms with E-state index in [0.717, 1.165) is 29.7 Å². The Morgan fingerprint density at radius 2 is 1.61 bits per heavy atom. The number of imidazole rings is 1. The Morgan fingerprint density at radius 1 is 0.857 bits per heavy atom. The van der Waals surface area contributed by atoms with E-state index >= 15 is 0 Å². The maximum Gasteiger partial charge on any atom is 0.161 e. The Morgan fingerprint density at radius 3 is 2.36 bits per heavy atom. The number of aromatic nitrogens is 2. The Bertz CT molecular complexity index is 1100. The largest absolute Gasteiger partial charge is 0.493 e. The van der Waals surface area contributed by atoms with E-state index in [9.17, 15) is 0 Å². The molecule has 4 aromatic rings. The van der Waals surface area contributed by atoms with Crippen molar-refractivity contribution in [2.24, 2.45) is 0 Å². The minimum atomic E-state index is 0.675. The first-order valence-corrected chi connectivity index (χ1v) is 9.21. The molecule has 2 N–H and O–H groups in total. The fourth-order valence-corrected chi connectivity index (χ4v) is 3.39. The number of anilines is 1. The lowest BCUT2D eigenvalue weighted by molar-refractivity contribution is 0.355. The zero-order valence-corrected chi connectivity index (χ0v) is 16.1. The molecule has 0 aliphatic heterocycles. The van der Waals surface area contributed by atoms with Gasteiger partial charge in [0.05, 0.1) is 25.6 Å². The van der Waals surface area contributed by atoms with Gasteiger partial charge in [0.15, 0.2) is 17.1 Å². The van der Waals surface area contributed by atoms with Gasteiger partial charge in [-0.25, -0.2) is 4.98 Å². The van der Waals surface area contributed by atoms with Crippen molar-refractivity contribution in [2.75, 3.05) is 20.0 Å². The first kappa shape index (κ1) is 17.9. The second kappa shape index (κ2) is 7.64. The summed E-state index contributed by atoms with van der Waals surface area (Å²) in [5.74, 6) is 1.37. The molecule has 0 saturated heterocycles. The number of aryl methyl sites for hydroxylation is 2. The van der Waals surface area contributed by atoms with Crippen molar-refractivity contribution in [3.63, 3.8) is 0 Å². The summed E-state index contributed by atoms with van der Waals surface area (Å²) in [4.78, 5) is 4.71. The molecule has 0 bridgehead atoms. The number of fused-ring (bicyclic) bond motifs is 1. The number of methoxy groups -OCH3 is 2. The molecule has 0 aliphatic rings. The highest BCUT2D eigenvalue weighted by Gasteiger charge is 2.11. The highest BCUT2D eigenvalue weighted by Crippen LogP contribution is 2.32. The SMILES string of the molecule is COc1ccc(-c2cn3cc(CCc4ccccc4)cc(N)c3n2)cc1OC. The standard InChI is InChI=1S/C23H23N3O2/c1-27-21-11-10-18(13-22(21)28-2)20-15-26-14-17(12-19(24)23(26)25-20)9-8-16-6-4-3-5-7-16/h3-7,10-15H,8-9,24H2,1-2H3. The van der Waals surface area contributed by atoms with Gasteiger partial charge in [0.1, 0.15) is 0 Å². The number of nitrogens with zero attached hydrogens (tertiary/aromatic N) is 2. The van der Waals surface area contributed by atoms with E-state index in [1.807, 2.05) is 40.9 Å². The quantitative estimate of drug-likeness (QED) is 0.545. The van der Waals surface area contributed by atoms with E-state index in [-0.39, 0.29) is 0 Å². The van der Waals surface area contributed by atoms with Gasteiger partial charge < -0.3 is 19.6 Å². The monoisotopic (exact) mass is 373 g/mol. The Labute approximate surface area is 164 Å². The fourth-order valence-electron chi connectivity index (χ4n) is 3.39. The van der Waals surface area contributed by atoms with Gasteiger partial charge in [-0.3, -0.25) is 0 Å². The number of ether oxygens (including phenoxy) is 2. The van der Waals surface area contributed by atoms with Crippen LogP contribution in [-0.4, -0.2) is 23.6 Å². The molecule has 0 fully saturated rings. The maximum atomic E-state index is 6.29. The van der Waals surface area contributed by atoms with Gasteiger partial charge in [0, 0.05) is 18.0 Å². The van der Waals surface area contributed by atoms with Crippen LogP contribution in [0, 0.1) is 0 Å². The smallest absolute Gasteiger partial charge is 0.161 e. The van der Waals surface area contributed by atoms with Gasteiger partial charge >= 0.3 is 0 Å². The van der Waals surface area contributed by atoms with Gasteiger partial charge in [-0.15, -0.1) is 0 Å². The lowest BCUT2D eigenvalue weighted by Gasteiger charge is -2.08. The third kappa shape index (κ3) is 3.51. The van der Waals surface area contributed by atoms with Crippen LogP contribution in [0.3, 0.4) is 0 Å². The van der Waals surface area contributed by atoms with Crippen molar-refractivity contribution >= 4 is 11.3 Å². The third-order valence-electron chi connectivity index (χ3n) is 4.86. The van der Waals surface area contributed by atoms with E-state index < -0.39 is 0 Å². The molecule has 0 aliphatic carbocycles. The lowest BCUT2D eigenvalue weighted by Crippen LogP contribution is -1.98. The molecule has 0 atom stereocenters. The second-order valence-electron chi connectivity index (χ2n) is 6.72. The van der Waals surface area contributed by atoms with Crippen molar-refractivity contribution in [3.8, 4) is 22.8 Å². The predicted molar refractivity (Wildman–Crippen MR) is 112 cm³/mol. The molecular formula is C23H23N3O2. The number of pyridine rings is 1. The van der Waals surface area contributed by atoms with Crippen molar-refractivity contribution in [3.05, 3.63) is 78.1 Å². The molecule has 4 rings (SSSR count). The van der Waals surface area contributed by atoms with Gasteiger partial charge in [-0.1, -0.05) is 30.3 Å². The van der Waals surface area contributed by atoms with Gasteiger partial charge in [0.2, 0.25) is 0 Å². The van der Waals surface area contributed by atoms with Crippen LogP contribution >= 0.6 is 0 Å². The number of rotatable bonds is 6. The lowest BCUT2D eigenvalue weighted by atomic mass is 10.1. The summed E-state index contributed by atoms with van der Waals surface area (Å²) in [5.41, 5.74) is 12.0. The van der Waals surface area contributed by atoms with E-state index in [1.54, 1.807) is 14.2 Å². The van der Waals surface area contributed by atoms with Crippen LogP contribution in [0.25, 0.3) is 16.9 Å². The number of hydrogen-bond donors (Lipinski definition) is 1. The van der Waals surface area contributed by atoms with E-state index in [2.05, 4.69) is 30.5 Å². The molecule has 0 saturated carbocycles. The highest BCUT2D eigenvalue weighted by molar-refractivity contribution is 5.72. The van der Waals surface area contributed by atoms with Gasteiger partial charge in [-0.05, 0) is 48.2 Å².